The zero-order valence-corrected chi connectivity index (χ0v) is 35.3. The predicted molar refractivity (Wildman–Crippen MR) is 230 cm³/mol. The summed E-state index contributed by atoms with van der Waals surface area (Å²) in [5.74, 6) is 1.62. The van der Waals surface area contributed by atoms with Crippen LogP contribution in [0, 0.1) is 37.3 Å². The second-order valence-electron chi connectivity index (χ2n) is 15.8. The molecule has 9 rings (SSSR count). The van der Waals surface area contributed by atoms with E-state index >= 15 is 0 Å². The summed E-state index contributed by atoms with van der Waals surface area (Å²) in [6.45, 7) is 10.9. The summed E-state index contributed by atoms with van der Waals surface area (Å²) in [6, 6.07) is 59.0. The van der Waals surface area contributed by atoms with Crippen molar-refractivity contribution in [1.82, 2.24) is 19.1 Å². The number of rotatable bonds is 7. The second kappa shape index (κ2) is 15.2. The molecule has 3 heterocycles. The molecule has 6 aromatic carbocycles. The summed E-state index contributed by atoms with van der Waals surface area (Å²) in [5, 5.41) is 11.9. The zero-order valence-electron chi connectivity index (χ0n) is 33.1. The molecule has 5 nitrogen and oxygen atoms in total. The third kappa shape index (κ3) is 6.39. The Morgan fingerprint density at radius 1 is 0.621 bits per heavy atom. The molecule has 0 bridgehead atoms. The van der Waals surface area contributed by atoms with E-state index < -0.39 is 5.41 Å². The maximum Gasteiger partial charge on any atom is 2.00 e. The van der Waals surface area contributed by atoms with Crippen LogP contribution >= 0.6 is 0 Å². The molecule has 0 aliphatic rings. The third-order valence-corrected chi connectivity index (χ3v) is 11.2. The van der Waals surface area contributed by atoms with E-state index in [4.69, 9.17) is 9.97 Å². The summed E-state index contributed by atoms with van der Waals surface area (Å²) >= 11 is 0. The van der Waals surface area contributed by atoms with Crippen LogP contribution in [0.25, 0.3) is 44.7 Å². The Morgan fingerprint density at radius 3 is 1.97 bits per heavy atom. The van der Waals surface area contributed by atoms with Gasteiger partial charge < -0.3 is 9.13 Å². The minimum atomic E-state index is -0.845. The van der Waals surface area contributed by atoms with Gasteiger partial charge in [-0.3, -0.25) is 4.98 Å². The van der Waals surface area contributed by atoms with E-state index in [0.29, 0.717) is 5.56 Å². The first kappa shape index (κ1) is 38.5. The van der Waals surface area contributed by atoms with Gasteiger partial charge in [0, 0.05) is 35.2 Å². The van der Waals surface area contributed by atoms with Gasteiger partial charge in [-0.05, 0) is 82.8 Å². The largest absolute Gasteiger partial charge is 2.00 e. The Hall–Kier alpha value is -6.34. The topological polar surface area (TPSA) is 59.4 Å². The van der Waals surface area contributed by atoms with Gasteiger partial charge in [-0.1, -0.05) is 105 Å². The van der Waals surface area contributed by atoms with Gasteiger partial charge in [0.15, 0.2) is 0 Å². The third-order valence-electron chi connectivity index (χ3n) is 11.2. The van der Waals surface area contributed by atoms with Crippen molar-refractivity contribution in [2.75, 3.05) is 0 Å². The van der Waals surface area contributed by atoms with E-state index in [-0.39, 0.29) is 26.5 Å². The number of fused-ring (bicyclic) bond motifs is 3. The van der Waals surface area contributed by atoms with Crippen LogP contribution in [0.3, 0.4) is 0 Å². The zero-order chi connectivity index (χ0) is 39.3. The van der Waals surface area contributed by atoms with Crippen LogP contribution in [-0.4, -0.2) is 19.1 Å². The number of pyridine rings is 1. The van der Waals surface area contributed by atoms with Crippen molar-refractivity contribution in [2.24, 2.45) is 0 Å². The van der Waals surface area contributed by atoms with Crippen LogP contribution in [0.5, 0.6) is 0 Å². The molecule has 3 aromatic heterocycles. The van der Waals surface area contributed by atoms with Crippen molar-refractivity contribution in [2.45, 2.75) is 45.4 Å². The Labute approximate surface area is 354 Å². The van der Waals surface area contributed by atoms with Crippen molar-refractivity contribution in [3.63, 3.8) is 0 Å². The van der Waals surface area contributed by atoms with Gasteiger partial charge in [-0.2, -0.15) is 23.5 Å². The molecule has 284 valence electrons. The molecule has 58 heavy (non-hydrogen) atoms. The van der Waals surface area contributed by atoms with Crippen LogP contribution < -0.4 is 0 Å². The summed E-state index contributed by atoms with van der Waals surface area (Å²) in [6.07, 6.45) is 5.79. The normalized spacial score (nSPS) is 11.7. The number of nitriles is 1. The number of aryl methyl sites for hydroxylation is 2. The van der Waals surface area contributed by atoms with E-state index in [1.807, 2.05) is 36.8 Å². The molecule has 0 aliphatic carbocycles. The van der Waals surface area contributed by atoms with Crippen molar-refractivity contribution >= 4 is 21.8 Å². The van der Waals surface area contributed by atoms with E-state index in [1.54, 1.807) is 0 Å². The maximum absolute atomic E-state index is 9.96. The molecule has 0 spiro atoms. The van der Waals surface area contributed by atoms with Crippen molar-refractivity contribution < 1.29 is 21.1 Å². The predicted octanol–water partition coefficient (Wildman–Crippen LogP) is 11.8. The number of para-hydroxylation sites is 1. The fourth-order valence-electron chi connectivity index (χ4n) is 8.47. The van der Waals surface area contributed by atoms with Gasteiger partial charge in [-0.25, -0.2) is 4.98 Å². The van der Waals surface area contributed by atoms with Crippen molar-refractivity contribution in [3.05, 3.63) is 215 Å². The first-order valence-corrected chi connectivity index (χ1v) is 19.3. The number of hydrogen-bond acceptors (Lipinski definition) is 3. The molecular formula is C52H41N5Pt. The minimum Gasteiger partial charge on any atom is -0.340 e. The van der Waals surface area contributed by atoms with E-state index in [9.17, 15) is 5.26 Å². The molecule has 0 N–H and O–H groups in total. The van der Waals surface area contributed by atoms with E-state index in [0.717, 1.165) is 67.0 Å². The Bertz CT molecular complexity index is 2920. The van der Waals surface area contributed by atoms with Gasteiger partial charge in [0.05, 0.1) is 17.5 Å². The quantitative estimate of drug-likeness (QED) is 0.118. The molecule has 6 heteroatoms. The molecule has 0 saturated carbocycles. The van der Waals surface area contributed by atoms with Crippen LogP contribution in [-0.2, 0) is 31.9 Å². The Morgan fingerprint density at radius 2 is 1.29 bits per heavy atom. The Kier molecular flexibility index (Phi) is 10.1. The fraction of sp³-hybridized carbons (Fsp3) is 0.135. The van der Waals surface area contributed by atoms with Gasteiger partial charge in [0.2, 0.25) is 0 Å². The first-order valence-electron chi connectivity index (χ1n) is 19.3. The standard InChI is InChI=1S/C52H41N5.Pt/c1-35-14-12-15-36(2)49(35)56-29-28-55-50(56)38-16-13-21-42(31-38)52(39-17-8-6-9-18-39,40-19-10-7-11-20-40)43-23-24-44-45-30-37(34-53)22-25-46(45)57(47(44)32-43)48-33-41(26-27-54-48)51(3,4)5;/h6-30,33H,1-5H3;/q-2;+2. The minimum absolute atomic E-state index is 0. The summed E-state index contributed by atoms with van der Waals surface area (Å²) in [7, 11) is 0. The summed E-state index contributed by atoms with van der Waals surface area (Å²) in [5.41, 5.74) is 11.2. The molecule has 0 unspecified atom stereocenters. The van der Waals surface area contributed by atoms with Crippen LogP contribution in [0.4, 0.5) is 0 Å². The number of imidazole rings is 1. The fourth-order valence-corrected chi connectivity index (χ4v) is 8.47. The van der Waals surface area contributed by atoms with Crippen LogP contribution in [0.15, 0.2) is 158 Å². The van der Waals surface area contributed by atoms with Crippen molar-refractivity contribution in [1.29, 1.82) is 5.26 Å². The van der Waals surface area contributed by atoms with Gasteiger partial charge in [-0.15, -0.1) is 46.3 Å². The molecule has 9 aromatic rings. The number of benzene rings is 6. The van der Waals surface area contributed by atoms with E-state index in [1.165, 1.54) is 16.7 Å². The number of hydrogen-bond donors (Lipinski definition) is 0. The van der Waals surface area contributed by atoms with Crippen LogP contribution in [0.2, 0.25) is 0 Å². The molecule has 0 atom stereocenters. The van der Waals surface area contributed by atoms with E-state index in [2.05, 4.69) is 183 Å². The summed E-state index contributed by atoms with van der Waals surface area (Å²) in [4.78, 5) is 9.88. The smallest absolute Gasteiger partial charge is 0.340 e. The molecule has 0 aliphatic heterocycles. The van der Waals surface area contributed by atoms with Gasteiger partial charge >= 0.3 is 21.1 Å². The number of aromatic nitrogens is 4. The molecule has 0 fully saturated rings. The Balaban J connectivity index is 0.00000469. The molecular weight excluding hydrogens is 890 g/mol. The average molecular weight is 931 g/mol. The average Bonchev–Trinajstić information content (AvgIpc) is 3.84. The van der Waals surface area contributed by atoms with Crippen LogP contribution in [0.1, 0.15) is 65.3 Å². The van der Waals surface area contributed by atoms with Gasteiger partial charge in [0.1, 0.15) is 5.82 Å². The number of nitrogens with zero attached hydrogens (tertiary/aromatic N) is 5. The monoisotopic (exact) mass is 930 g/mol. The molecule has 0 radical (unpaired) electrons. The van der Waals surface area contributed by atoms with Crippen molar-refractivity contribution in [3.8, 4) is 29.0 Å². The summed E-state index contributed by atoms with van der Waals surface area (Å²) < 4.78 is 4.38. The molecule has 0 amide bonds. The maximum atomic E-state index is 9.96. The second-order valence-corrected chi connectivity index (χ2v) is 15.8. The van der Waals surface area contributed by atoms with Gasteiger partial charge in [0.25, 0.3) is 0 Å². The SMILES string of the molecule is Cc1cccc(C)c1-n1ccnc1-c1[c-]c(C(c2[c-]c3c(cc2)c2cc(C#N)ccc2n3-c2cc(C(C)(C)C)ccn2)(c2ccccc2)c2ccccc2)ccc1.[Pt+2]. The first-order chi connectivity index (χ1) is 27.7. The molecule has 0 saturated heterocycles.